The first-order valence-corrected chi connectivity index (χ1v) is 32.3. The second kappa shape index (κ2) is 53.5. The predicted molar refractivity (Wildman–Crippen MR) is 307 cm³/mol. The number of nitrogens with one attached hydrogen (secondary N) is 1. The molecule has 420 valence electrons. The van der Waals surface area contributed by atoms with Crippen LogP contribution in [0.25, 0.3) is 0 Å². The van der Waals surface area contributed by atoms with Gasteiger partial charge >= 0.3 is 0 Å². The van der Waals surface area contributed by atoms with Gasteiger partial charge in [-0.15, -0.1) is 0 Å². The minimum Gasteiger partial charge on any atom is -0.756 e. The van der Waals surface area contributed by atoms with Gasteiger partial charge in [0.05, 0.1) is 39.9 Å². The maximum absolute atomic E-state index is 13.0. The number of hydrogen-bond donors (Lipinski definition) is 2. The van der Waals surface area contributed by atoms with Crippen LogP contribution in [0.2, 0.25) is 0 Å². The summed E-state index contributed by atoms with van der Waals surface area (Å²) in [6, 6.07) is -0.908. The van der Waals surface area contributed by atoms with Crippen molar-refractivity contribution < 1.29 is 32.9 Å². The summed E-state index contributed by atoms with van der Waals surface area (Å²) in [6.07, 6.45) is 69.6. The highest BCUT2D eigenvalue weighted by Gasteiger charge is 2.23. The van der Waals surface area contributed by atoms with Crippen molar-refractivity contribution in [3.05, 3.63) is 36.5 Å². The number of carbonyl (C=O) groups is 1. The van der Waals surface area contributed by atoms with E-state index in [1.165, 1.54) is 238 Å². The molecule has 8 nitrogen and oxygen atoms in total. The van der Waals surface area contributed by atoms with Gasteiger partial charge in [0, 0.05) is 6.42 Å². The quantitative estimate of drug-likeness (QED) is 0.0272. The number of rotatable bonds is 57. The zero-order chi connectivity index (χ0) is 52.0. The zero-order valence-corrected chi connectivity index (χ0v) is 48.8. The molecule has 0 aliphatic heterocycles. The first-order chi connectivity index (χ1) is 34.5. The predicted octanol–water partition coefficient (Wildman–Crippen LogP) is 18.3. The molecule has 0 rings (SSSR count). The third kappa shape index (κ3) is 56.3. The van der Waals surface area contributed by atoms with E-state index in [0.29, 0.717) is 17.4 Å². The number of quaternary nitrogens is 1. The Morgan fingerprint density at radius 2 is 0.789 bits per heavy atom. The third-order valence-corrected chi connectivity index (χ3v) is 15.0. The standard InChI is InChI=1S/C62H121N2O6P/c1-6-8-10-12-14-16-18-20-22-24-26-28-30-31-32-33-34-35-37-39-41-43-45-47-49-51-53-55-61(65)60(59-70-71(67,68)69-58-57-64(3,4)5)63-62(66)56-54-52-50-48-46-44-42-40-38-36-29-27-25-23-21-19-17-15-13-11-9-7-2/h37,39,45,47,53,55,60-61,65H,6-36,38,40-44,46,48-52,54,56-59H2,1-5H3,(H-,63,66,67,68)/b39-37+,47-45+,55-53+. The Bertz CT molecular complexity index is 1250. The van der Waals surface area contributed by atoms with E-state index in [1.54, 1.807) is 6.08 Å². The van der Waals surface area contributed by atoms with Crippen molar-refractivity contribution in [1.29, 1.82) is 0 Å². The molecule has 1 amide bonds. The van der Waals surface area contributed by atoms with Gasteiger partial charge in [-0.05, 0) is 44.9 Å². The number of likely N-dealkylation sites (N-methyl/N-ethyl adjacent to an activating group) is 1. The number of carbonyl (C=O) groups excluding carboxylic acids is 1. The summed E-state index contributed by atoms with van der Waals surface area (Å²) in [7, 11) is 1.25. The molecule has 0 spiro atoms. The molecule has 0 bridgehead atoms. The van der Waals surface area contributed by atoms with Crippen LogP contribution in [0.4, 0.5) is 0 Å². The van der Waals surface area contributed by atoms with Gasteiger partial charge in [0.15, 0.2) is 0 Å². The molecule has 0 radical (unpaired) electrons. The normalized spacial score (nSPS) is 14.1. The van der Waals surface area contributed by atoms with Crippen molar-refractivity contribution in [3.63, 3.8) is 0 Å². The van der Waals surface area contributed by atoms with E-state index >= 15 is 0 Å². The maximum atomic E-state index is 13.0. The molecule has 3 atom stereocenters. The van der Waals surface area contributed by atoms with Gasteiger partial charge in [0.2, 0.25) is 5.91 Å². The number of unbranched alkanes of at least 4 members (excludes halogenated alkanes) is 40. The van der Waals surface area contributed by atoms with E-state index < -0.39 is 26.6 Å². The molecule has 9 heteroatoms. The summed E-state index contributed by atoms with van der Waals surface area (Å²) >= 11 is 0. The van der Waals surface area contributed by atoms with Crippen LogP contribution in [0.3, 0.4) is 0 Å². The Balaban J connectivity index is 4.22. The number of amides is 1. The third-order valence-electron chi connectivity index (χ3n) is 14.1. The molecule has 0 saturated heterocycles. The van der Waals surface area contributed by atoms with Crippen LogP contribution in [-0.4, -0.2) is 68.5 Å². The summed E-state index contributed by atoms with van der Waals surface area (Å²) in [5.74, 6) is -0.205. The van der Waals surface area contributed by atoms with Gasteiger partial charge < -0.3 is 28.8 Å². The highest BCUT2D eigenvalue weighted by molar-refractivity contribution is 7.45. The highest BCUT2D eigenvalue weighted by Crippen LogP contribution is 2.38. The van der Waals surface area contributed by atoms with Gasteiger partial charge in [0.25, 0.3) is 7.82 Å². The minimum atomic E-state index is -4.61. The number of phosphoric ester groups is 1. The molecular weight excluding hydrogens is 900 g/mol. The van der Waals surface area contributed by atoms with Crippen molar-refractivity contribution in [2.45, 2.75) is 315 Å². The van der Waals surface area contributed by atoms with E-state index in [9.17, 15) is 19.4 Å². The van der Waals surface area contributed by atoms with Crippen LogP contribution in [-0.2, 0) is 18.4 Å². The van der Waals surface area contributed by atoms with Crippen molar-refractivity contribution in [3.8, 4) is 0 Å². The first kappa shape index (κ1) is 69.7. The molecule has 0 aliphatic rings. The molecular formula is C62H121N2O6P. The molecule has 0 saturated carbocycles. The lowest BCUT2D eigenvalue weighted by atomic mass is 10.0. The Hall–Kier alpha value is -1.28. The van der Waals surface area contributed by atoms with Crippen LogP contribution < -0.4 is 10.2 Å². The lowest BCUT2D eigenvalue weighted by molar-refractivity contribution is -0.870. The van der Waals surface area contributed by atoms with Gasteiger partial charge in [-0.2, -0.15) is 0 Å². The second-order valence-electron chi connectivity index (χ2n) is 22.4. The van der Waals surface area contributed by atoms with Gasteiger partial charge in [-0.3, -0.25) is 9.36 Å². The highest BCUT2D eigenvalue weighted by atomic mass is 31.2. The molecule has 0 aromatic carbocycles. The van der Waals surface area contributed by atoms with Crippen LogP contribution in [0.15, 0.2) is 36.5 Å². The van der Waals surface area contributed by atoms with Crippen LogP contribution in [0.1, 0.15) is 303 Å². The van der Waals surface area contributed by atoms with Crippen molar-refractivity contribution in [2.24, 2.45) is 0 Å². The average Bonchev–Trinajstić information content (AvgIpc) is 3.33. The SMILES string of the molecule is CCCCCCCCCCCCCCCCCCC/C=C/CC/C=C/CC/C=C/C(O)C(COP(=O)([O-])OCC[N+](C)(C)C)NC(=O)CCCCCCCCCCCCCCCCCCCCCCCC. The Morgan fingerprint density at radius 3 is 1.14 bits per heavy atom. The van der Waals surface area contributed by atoms with Crippen molar-refractivity contribution in [2.75, 3.05) is 40.9 Å². The largest absolute Gasteiger partial charge is 0.756 e. The fourth-order valence-electron chi connectivity index (χ4n) is 9.25. The van der Waals surface area contributed by atoms with Gasteiger partial charge in [-0.1, -0.05) is 288 Å². The lowest BCUT2D eigenvalue weighted by Gasteiger charge is -2.29. The molecule has 71 heavy (non-hydrogen) atoms. The summed E-state index contributed by atoms with van der Waals surface area (Å²) in [5, 5.41) is 13.9. The number of nitrogens with zero attached hydrogens (tertiary/aromatic N) is 1. The molecule has 0 aromatic rings. The fourth-order valence-corrected chi connectivity index (χ4v) is 9.97. The van der Waals surface area contributed by atoms with E-state index in [0.717, 1.165) is 44.9 Å². The fraction of sp³-hybridized carbons (Fsp3) is 0.887. The number of aliphatic hydroxyl groups excluding tert-OH is 1. The monoisotopic (exact) mass is 1020 g/mol. The van der Waals surface area contributed by atoms with Crippen LogP contribution in [0, 0.1) is 0 Å². The van der Waals surface area contributed by atoms with E-state index in [4.69, 9.17) is 9.05 Å². The molecule has 2 N–H and O–H groups in total. The molecule has 0 aliphatic carbocycles. The summed E-state index contributed by atoms with van der Waals surface area (Å²) in [4.78, 5) is 25.5. The second-order valence-corrected chi connectivity index (χ2v) is 23.8. The van der Waals surface area contributed by atoms with Crippen molar-refractivity contribution in [1.82, 2.24) is 5.32 Å². The van der Waals surface area contributed by atoms with E-state index in [1.807, 2.05) is 27.2 Å². The Labute approximate surface area is 442 Å². The Kier molecular flexibility index (Phi) is 52.6. The summed E-state index contributed by atoms with van der Waals surface area (Å²) in [5.41, 5.74) is 0. The van der Waals surface area contributed by atoms with Crippen molar-refractivity contribution >= 4 is 13.7 Å². The smallest absolute Gasteiger partial charge is 0.268 e. The lowest BCUT2D eigenvalue weighted by Crippen LogP contribution is -2.45. The van der Waals surface area contributed by atoms with E-state index in [-0.39, 0.29) is 12.5 Å². The number of allylic oxidation sites excluding steroid dienone is 5. The first-order valence-electron chi connectivity index (χ1n) is 30.9. The average molecular weight is 1020 g/mol. The molecule has 0 aromatic heterocycles. The molecule has 0 fully saturated rings. The number of phosphoric acid groups is 1. The number of aliphatic hydroxyl groups is 1. The summed E-state index contributed by atoms with van der Waals surface area (Å²) in [6.45, 7) is 4.67. The van der Waals surface area contributed by atoms with Crippen LogP contribution >= 0.6 is 7.82 Å². The summed E-state index contributed by atoms with van der Waals surface area (Å²) < 4.78 is 23.4. The molecule has 0 heterocycles. The van der Waals surface area contributed by atoms with Crippen LogP contribution in [0.5, 0.6) is 0 Å². The zero-order valence-electron chi connectivity index (χ0n) is 47.9. The number of hydrogen-bond acceptors (Lipinski definition) is 6. The molecule has 3 unspecified atom stereocenters. The van der Waals surface area contributed by atoms with Gasteiger partial charge in [-0.25, -0.2) is 0 Å². The van der Waals surface area contributed by atoms with E-state index in [2.05, 4.69) is 43.5 Å². The topological polar surface area (TPSA) is 108 Å². The maximum Gasteiger partial charge on any atom is 0.268 e. The minimum absolute atomic E-state index is 0.00726. The van der Waals surface area contributed by atoms with Gasteiger partial charge in [0.1, 0.15) is 13.2 Å². The Morgan fingerprint density at radius 1 is 0.479 bits per heavy atom.